The van der Waals surface area contributed by atoms with Crippen LogP contribution >= 0.6 is 0 Å². The second-order valence-corrected chi connectivity index (χ2v) is 6.26. The van der Waals surface area contributed by atoms with Crippen LogP contribution in [0.25, 0.3) is 6.20 Å². The largest absolute Gasteiger partial charge is 0.404 e. The molecule has 1 heterocycles. The zero-order valence-corrected chi connectivity index (χ0v) is 15.0. The summed E-state index contributed by atoms with van der Waals surface area (Å²) in [7, 11) is 0. The van der Waals surface area contributed by atoms with Crippen molar-refractivity contribution in [1.82, 2.24) is 9.47 Å². The zero-order chi connectivity index (χ0) is 18.4. The molecule has 0 radical (unpaired) electrons. The molecular weight excluding hydrogens is 316 g/mol. The lowest BCUT2D eigenvalue weighted by Crippen LogP contribution is -2.38. The Labute approximate surface area is 148 Å². The average Bonchev–Trinajstić information content (AvgIpc) is 2.57. The van der Waals surface area contributed by atoms with Gasteiger partial charge < -0.3 is 9.64 Å². The summed E-state index contributed by atoms with van der Waals surface area (Å²) in [4.78, 5) is 26.5. The molecule has 0 aliphatic carbocycles. The molecule has 1 aromatic carbocycles. The minimum Gasteiger partial charge on any atom is -0.404 e. The van der Waals surface area contributed by atoms with Gasteiger partial charge in [0.2, 0.25) is 5.88 Å². The molecule has 1 aromatic heterocycles. The van der Waals surface area contributed by atoms with Crippen molar-refractivity contribution in [1.29, 1.82) is 0 Å². The smallest absolute Gasteiger partial charge is 0.344 e. The highest BCUT2D eigenvalue weighted by atomic mass is 16.6. The molecule has 0 N–H and O–H groups in total. The zero-order valence-electron chi connectivity index (χ0n) is 15.0. The lowest BCUT2D eigenvalue weighted by atomic mass is 10.2. The van der Waals surface area contributed by atoms with Crippen LogP contribution in [-0.2, 0) is 4.74 Å². The molecule has 0 unspecified atom stereocenters. The van der Waals surface area contributed by atoms with E-state index in [2.05, 4.69) is 0 Å². The van der Waals surface area contributed by atoms with Gasteiger partial charge in [0.15, 0.2) is 0 Å². The van der Waals surface area contributed by atoms with E-state index in [-0.39, 0.29) is 17.6 Å². The topological polar surface area (TPSA) is 51.5 Å². The number of hydrogen-bond donors (Lipinski definition) is 0. The van der Waals surface area contributed by atoms with E-state index in [0.717, 1.165) is 0 Å². The molecule has 0 aliphatic heterocycles. The molecule has 0 saturated carbocycles. The van der Waals surface area contributed by atoms with Crippen molar-refractivity contribution in [3.05, 3.63) is 76.5 Å². The minimum absolute atomic E-state index is 0.0919. The highest BCUT2D eigenvalue weighted by molar-refractivity contribution is 5.90. The Morgan fingerprint density at radius 2 is 1.60 bits per heavy atom. The summed E-state index contributed by atoms with van der Waals surface area (Å²) >= 11 is 0. The summed E-state index contributed by atoms with van der Waals surface area (Å²) in [6, 6.07) is 13.9. The molecule has 132 valence electrons. The van der Waals surface area contributed by atoms with Crippen LogP contribution in [0.2, 0.25) is 0 Å². The van der Waals surface area contributed by atoms with E-state index in [9.17, 15) is 9.59 Å². The first kappa shape index (κ1) is 18.5. The monoisotopic (exact) mass is 340 g/mol. The van der Waals surface area contributed by atoms with Crippen LogP contribution < -0.4 is 5.56 Å². The number of carbonyl (C=O) groups is 1. The summed E-state index contributed by atoms with van der Waals surface area (Å²) in [6.45, 7) is 8.05. The van der Waals surface area contributed by atoms with Gasteiger partial charge in [-0.05, 0) is 45.9 Å². The quantitative estimate of drug-likeness (QED) is 0.596. The van der Waals surface area contributed by atoms with E-state index in [1.165, 1.54) is 10.6 Å². The number of esters is 1. The highest BCUT2D eigenvalue weighted by Crippen LogP contribution is 2.18. The molecule has 5 heteroatoms. The minimum atomic E-state index is -0.456. The van der Waals surface area contributed by atoms with Crippen molar-refractivity contribution in [3.63, 3.8) is 0 Å². The van der Waals surface area contributed by atoms with Gasteiger partial charge in [-0.25, -0.2) is 4.79 Å². The first-order chi connectivity index (χ1) is 11.9. The van der Waals surface area contributed by atoms with Gasteiger partial charge >= 0.3 is 5.97 Å². The number of pyridine rings is 1. The fourth-order valence-electron chi connectivity index (χ4n) is 2.64. The van der Waals surface area contributed by atoms with Gasteiger partial charge in [-0.3, -0.25) is 9.36 Å². The number of rotatable bonds is 6. The summed E-state index contributed by atoms with van der Waals surface area (Å²) in [5, 5.41) is 0. The van der Waals surface area contributed by atoms with E-state index in [4.69, 9.17) is 4.74 Å². The van der Waals surface area contributed by atoms with Gasteiger partial charge in [0.25, 0.3) is 5.56 Å². The predicted molar refractivity (Wildman–Crippen MR) is 98.9 cm³/mol. The Balaban J connectivity index is 2.43. The SMILES string of the molecule is CC(C)N(/C(=C\n1ccccc1=O)OC(=O)c1ccccc1)C(C)C. The lowest BCUT2D eigenvalue weighted by molar-refractivity contribution is 0.0423. The molecule has 2 aromatic rings. The normalized spacial score (nSPS) is 11.7. The van der Waals surface area contributed by atoms with Gasteiger partial charge in [-0.2, -0.15) is 0 Å². The Bertz CT molecular complexity index is 784. The maximum Gasteiger partial charge on any atom is 0.344 e. The van der Waals surface area contributed by atoms with Gasteiger partial charge in [0, 0.05) is 24.3 Å². The first-order valence-electron chi connectivity index (χ1n) is 8.34. The number of nitrogens with zero attached hydrogens (tertiary/aromatic N) is 2. The van der Waals surface area contributed by atoms with E-state index in [1.807, 2.05) is 38.7 Å². The molecule has 0 bridgehead atoms. The van der Waals surface area contributed by atoms with Crippen molar-refractivity contribution < 1.29 is 9.53 Å². The van der Waals surface area contributed by atoms with Crippen LogP contribution in [0.3, 0.4) is 0 Å². The number of hydrogen-bond acceptors (Lipinski definition) is 4. The average molecular weight is 340 g/mol. The van der Waals surface area contributed by atoms with E-state index >= 15 is 0 Å². The van der Waals surface area contributed by atoms with E-state index in [1.54, 1.807) is 48.8 Å². The predicted octanol–water partition coefficient (Wildman–Crippen LogP) is 3.58. The van der Waals surface area contributed by atoms with Crippen LogP contribution in [0.5, 0.6) is 0 Å². The fraction of sp³-hybridized carbons (Fsp3) is 0.300. The third-order valence-corrected chi connectivity index (χ3v) is 3.67. The Hall–Kier alpha value is -2.82. The van der Waals surface area contributed by atoms with Crippen LogP contribution in [0.4, 0.5) is 0 Å². The molecule has 5 nitrogen and oxygen atoms in total. The third-order valence-electron chi connectivity index (χ3n) is 3.67. The van der Waals surface area contributed by atoms with E-state index < -0.39 is 5.97 Å². The van der Waals surface area contributed by atoms with E-state index in [0.29, 0.717) is 11.4 Å². The number of aromatic nitrogens is 1. The molecule has 0 fully saturated rings. The molecule has 25 heavy (non-hydrogen) atoms. The fourth-order valence-corrected chi connectivity index (χ4v) is 2.64. The summed E-state index contributed by atoms with van der Waals surface area (Å²) in [6.07, 6.45) is 3.20. The highest BCUT2D eigenvalue weighted by Gasteiger charge is 2.22. The van der Waals surface area contributed by atoms with Gasteiger partial charge in [0.05, 0.1) is 11.8 Å². The maximum absolute atomic E-state index is 12.5. The number of ether oxygens (including phenoxy) is 1. The number of benzene rings is 1. The molecule has 2 rings (SSSR count). The Kier molecular flexibility index (Phi) is 6.17. The molecule has 0 aliphatic rings. The first-order valence-corrected chi connectivity index (χ1v) is 8.34. The van der Waals surface area contributed by atoms with Crippen molar-refractivity contribution in [3.8, 4) is 0 Å². The van der Waals surface area contributed by atoms with Crippen LogP contribution in [0.1, 0.15) is 38.1 Å². The summed E-state index contributed by atoms with van der Waals surface area (Å²) < 4.78 is 7.08. The van der Waals surface area contributed by atoms with Crippen LogP contribution in [-0.4, -0.2) is 27.5 Å². The van der Waals surface area contributed by atoms with Crippen molar-refractivity contribution in [2.75, 3.05) is 0 Å². The van der Waals surface area contributed by atoms with Crippen molar-refractivity contribution in [2.24, 2.45) is 0 Å². The second-order valence-electron chi connectivity index (χ2n) is 6.26. The Morgan fingerprint density at radius 1 is 1.00 bits per heavy atom. The van der Waals surface area contributed by atoms with Crippen molar-refractivity contribution >= 4 is 12.2 Å². The lowest BCUT2D eigenvalue weighted by Gasteiger charge is -2.33. The molecule has 0 spiro atoms. The molecular formula is C20H24N2O3. The second kappa shape index (κ2) is 8.33. The van der Waals surface area contributed by atoms with Gasteiger partial charge in [0.1, 0.15) is 0 Å². The van der Waals surface area contributed by atoms with Crippen LogP contribution in [0, 0.1) is 0 Å². The summed E-state index contributed by atoms with van der Waals surface area (Å²) in [5.74, 6) is -0.116. The standard InChI is InChI=1S/C20H24N2O3/c1-15(2)22(16(3)4)19(14-21-13-9-8-12-18(21)23)25-20(24)17-10-6-5-7-11-17/h5-16H,1-4H3/b19-14+. The Morgan fingerprint density at radius 3 is 2.16 bits per heavy atom. The third kappa shape index (κ3) is 4.83. The van der Waals surface area contributed by atoms with Gasteiger partial charge in [-0.15, -0.1) is 0 Å². The van der Waals surface area contributed by atoms with Gasteiger partial charge in [-0.1, -0.05) is 24.3 Å². The summed E-state index contributed by atoms with van der Waals surface area (Å²) in [5.41, 5.74) is 0.268. The maximum atomic E-state index is 12.5. The van der Waals surface area contributed by atoms with Crippen LogP contribution in [0.15, 0.2) is 65.4 Å². The number of carbonyl (C=O) groups excluding carboxylic acids is 1. The molecule has 0 amide bonds. The molecule has 0 atom stereocenters. The van der Waals surface area contributed by atoms with Crippen molar-refractivity contribution in [2.45, 2.75) is 39.8 Å². The molecule has 0 saturated heterocycles.